The van der Waals surface area contributed by atoms with Crippen molar-refractivity contribution in [3.8, 4) is 10.7 Å². The zero-order valence-corrected chi connectivity index (χ0v) is 9.75. The van der Waals surface area contributed by atoms with Crippen LogP contribution in [-0.2, 0) is 4.79 Å². The molecule has 2 aromatic heterocycles. The van der Waals surface area contributed by atoms with Crippen LogP contribution in [0.1, 0.15) is 18.7 Å². The number of thiazole rings is 1. The SMILES string of the molecule is CC(C(=O)C(F)(F)F)c1nc(-c2cncs2)no1. The summed E-state index contributed by atoms with van der Waals surface area (Å²) in [7, 11) is 0. The van der Waals surface area contributed by atoms with E-state index in [4.69, 9.17) is 0 Å². The van der Waals surface area contributed by atoms with Gasteiger partial charge in [0, 0.05) is 6.20 Å². The monoisotopic (exact) mass is 277 g/mol. The Hall–Kier alpha value is -1.77. The molecule has 0 bridgehead atoms. The van der Waals surface area contributed by atoms with Crippen LogP contribution in [0.3, 0.4) is 0 Å². The van der Waals surface area contributed by atoms with Crippen molar-refractivity contribution in [1.29, 1.82) is 0 Å². The van der Waals surface area contributed by atoms with Crippen molar-refractivity contribution in [3.05, 3.63) is 17.6 Å². The van der Waals surface area contributed by atoms with Gasteiger partial charge in [-0.05, 0) is 6.92 Å². The molecule has 0 aliphatic heterocycles. The van der Waals surface area contributed by atoms with E-state index in [1.54, 1.807) is 0 Å². The number of carbonyl (C=O) groups excluding carboxylic acids is 1. The second-order valence-electron chi connectivity index (χ2n) is 3.41. The number of Topliss-reactive ketones (excluding diaryl/α,β-unsaturated/α-hetero) is 1. The minimum absolute atomic E-state index is 0.120. The van der Waals surface area contributed by atoms with Gasteiger partial charge in [-0.25, -0.2) is 0 Å². The molecule has 2 heterocycles. The molecule has 1 atom stereocenters. The number of hydrogen-bond acceptors (Lipinski definition) is 6. The maximum Gasteiger partial charge on any atom is 0.450 e. The second kappa shape index (κ2) is 4.48. The van der Waals surface area contributed by atoms with E-state index in [2.05, 4.69) is 19.6 Å². The molecular formula is C9H6F3N3O2S. The second-order valence-corrected chi connectivity index (χ2v) is 4.29. The lowest BCUT2D eigenvalue weighted by Crippen LogP contribution is -2.27. The van der Waals surface area contributed by atoms with E-state index in [0.29, 0.717) is 4.88 Å². The molecule has 0 aliphatic rings. The number of alkyl halides is 3. The predicted octanol–water partition coefficient (Wildman–Crippen LogP) is 2.43. The molecule has 0 N–H and O–H groups in total. The van der Waals surface area contributed by atoms with Crippen molar-refractivity contribution < 1.29 is 22.5 Å². The van der Waals surface area contributed by atoms with Crippen LogP contribution in [0.2, 0.25) is 0 Å². The van der Waals surface area contributed by atoms with Gasteiger partial charge < -0.3 is 4.52 Å². The quantitative estimate of drug-likeness (QED) is 0.861. The third-order valence-corrected chi connectivity index (χ3v) is 2.91. The van der Waals surface area contributed by atoms with Crippen LogP contribution in [0.5, 0.6) is 0 Å². The number of ketones is 1. The van der Waals surface area contributed by atoms with Gasteiger partial charge in [0.1, 0.15) is 5.92 Å². The smallest absolute Gasteiger partial charge is 0.338 e. The third-order valence-electron chi connectivity index (χ3n) is 2.14. The minimum Gasteiger partial charge on any atom is -0.338 e. The molecule has 0 radical (unpaired) electrons. The molecule has 0 saturated heterocycles. The normalized spacial score (nSPS) is 13.6. The highest BCUT2D eigenvalue weighted by Crippen LogP contribution is 2.28. The summed E-state index contributed by atoms with van der Waals surface area (Å²) >= 11 is 1.21. The maximum atomic E-state index is 12.2. The Balaban J connectivity index is 2.23. The Morgan fingerprint density at radius 1 is 1.50 bits per heavy atom. The Morgan fingerprint density at radius 3 is 2.78 bits per heavy atom. The molecule has 0 saturated carbocycles. The lowest BCUT2D eigenvalue weighted by Gasteiger charge is -2.07. The van der Waals surface area contributed by atoms with E-state index >= 15 is 0 Å². The molecule has 18 heavy (non-hydrogen) atoms. The van der Waals surface area contributed by atoms with Crippen LogP contribution in [0.15, 0.2) is 16.2 Å². The Morgan fingerprint density at radius 2 is 2.22 bits per heavy atom. The van der Waals surface area contributed by atoms with Crippen molar-refractivity contribution in [1.82, 2.24) is 15.1 Å². The Bertz CT molecular complexity index is 550. The number of nitrogens with zero attached hydrogens (tertiary/aromatic N) is 3. The average Bonchev–Trinajstić information content (AvgIpc) is 2.95. The minimum atomic E-state index is -4.92. The van der Waals surface area contributed by atoms with Crippen molar-refractivity contribution >= 4 is 17.1 Å². The van der Waals surface area contributed by atoms with E-state index in [1.165, 1.54) is 23.0 Å². The zero-order valence-electron chi connectivity index (χ0n) is 8.93. The van der Waals surface area contributed by atoms with E-state index in [1.807, 2.05) is 0 Å². The summed E-state index contributed by atoms with van der Waals surface area (Å²) in [6, 6.07) is 0. The van der Waals surface area contributed by atoms with Gasteiger partial charge in [0.15, 0.2) is 0 Å². The van der Waals surface area contributed by atoms with E-state index < -0.39 is 17.9 Å². The lowest BCUT2D eigenvalue weighted by atomic mass is 10.1. The van der Waals surface area contributed by atoms with Gasteiger partial charge in [-0.3, -0.25) is 9.78 Å². The van der Waals surface area contributed by atoms with Crippen LogP contribution in [0.4, 0.5) is 13.2 Å². The summed E-state index contributed by atoms with van der Waals surface area (Å²) in [5.41, 5.74) is 1.52. The molecule has 2 aromatic rings. The average molecular weight is 277 g/mol. The lowest BCUT2D eigenvalue weighted by molar-refractivity contribution is -0.172. The van der Waals surface area contributed by atoms with E-state index in [0.717, 1.165) is 6.92 Å². The number of carbonyl (C=O) groups is 1. The van der Waals surface area contributed by atoms with Gasteiger partial charge in [-0.15, -0.1) is 11.3 Å². The van der Waals surface area contributed by atoms with Crippen molar-refractivity contribution in [2.75, 3.05) is 0 Å². The molecular weight excluding hydrogens is 271 g/mol. The first-order valence-electron chi connectivity index (χ1n) is 4.73. The summed E-state index contributed by atoms with van der Waals surface area (Å²) in [5, 5.41) is 3.51. The van der Waals surface area contributed by atoms with Crippen molar-refractivity contribution in [2.45, 2.75) is 19.0 Å². The molecule has 0 fully saturated rings. The Labute approximate surface area is 103 Å². The van der Waals surface area contributed by atoms with Crippen LogP contribution in [0, 0.1) is 0 Å². The van der Waals surface area contributed by atoms with Gasteiger partial charge in [0.05, 0.1) is 10.4 Å². The highest BCUT2D eigenvalue weighted by atomic mass is 32.1. The standard InChI is InChI=1S/C9H6F3N3O2S/c1-4(6(16)9(10,11)12)8-14-7(15-17-8)5-2-13-3-18-5/h2-4H,1H3. The maximum absolute atomic E-state index is 12.2. The molecule has 0 spiro atoms. The number of hydrogen-bond donors (Lipinski definition) is 0. The highest BCUT2D eigenvalue weighted by Gasteiger charge is 2.44. The number of halogens is 3. The van der Waals surface area contributed by atoms with Crippen LogP contribution in [0.25, 0.3) is 10.7 Å². The van der Waals surface area contributed by atoms with E-state index in [-0.39, 0.29) is 11.7 Å². The summed E-state index contributed by atoms with van der Waals surface area (Å²) in [5.74, 6) is -3.67. The molecule has 9 heteroatoms. The predicted molar refractivity (Wildman–Crippen MR) is 54.9 cm³/mol. The largest absolute Gasteiger partial charge is 0.450 e. The first-order chi connectivity index (χ1) is 8.39. The number of rotatable bonds is 3. The fourth-order valence-electron chi connectivity index (χ4n) is 1.20. The van der Waals surface area contributed by atoms with Crippen LogP contribution < -0.4 is 0 Å². The van der Waals surface area contributed by atoms with Gasteiger partial charge in [0.25, 0.3) is 0 Å². The first-order valence-corrected chi connectivity index (χ1v) is 5.61. The van der Waals surface area contributed by atoms with Gasteiger partial charge >= 0.3 is 6.18 Å². The third kappa shape index (κ3) is 2.40. The first kappa shape index (κ1) is 12.7. The molecule has 0 amide bonds. The van der Waals surface area contributed by atoms with Crippen LogP contribution >= 0.6 is 11.3 Å². The molecule has 0 aliphatic carbocycles. The fraction of sp³-hybridized carbons (Fsp3) is 0.333. The van der Waals surface area contributed by atoms with Gasteiger partial charge in [-0.2, -0.15) is 18.2 Å². The molecule has 1 unspecified atom stereocenters. The summed E-state index contributed by atoms with van der Waals surface area (Å²) in [6.07, 6.45) is -3.46. The topological polar surface area (TPSA) is 68.9 Å². The molecule has 2 rings (SSSR count). The molecule has 0 aromatic carbocycles. The van der Waals surface area contributed by atoms with E-state index in [9.17, 15) is 18.0 Å². The van der Waals surface area contributed by atoms with Gasteiger partial charge in [0.2, 0.25) is 17.5 Å². The molecule has 96 valence electrons. The van der Waals surface area contributed by atoms with Gasteiger partial charge in [-0.1, -0.05) is 5.16 Å². The molecule has 5 nitrogen and oxygen atoms in total. The van der Waals surface area contributed by atoms with Crippen molar-refractivity contribution in [2.24, 2.45) is 0 Å². The summed E-state index contributed by atoms with van der Waals surface area (Å²) < 4.78 is 41.3. The van der Waals surface area contributed by atoms with Crippen molar-refractivity contribution in [3.63, 3.8) is 0 Å². The fourth-order valence-corrected chi connectivity index (χ4v) is 1.74. The summed E-state index contributed by atoms with van der Waals surface area (Å²) in [6.45, 7) is 1.07. The Kier molecular flexibility index (Phi) is 3.16. The number of aromatic nitrogens is 3. The zero-order chi connectivity index (χ0) is 13.3. The summed E-state index contributed by atoms with van der Waals surface area (Å²) in [4.78, 5) is 19.1. The highest BCUT2D eigenvalue weighted by molar-refractivity contribution is 7.13. The van der Waals surface area contributed by atoms with Crippen LogP contribution in [-0.4, -0.2) is 27.1 Å².